The quantitative estimate of drug-likeness (QED) is 0.488. The summed E-state index contributed by atoms with van der Waals surface area (Å²) < 4.78 is 22.2. The van der Waals surface area contributed by atoms with Crippen molar-refractivity contribution >= 4 is 5.97 Å². The van der Waals surface area contributed by atoms with Crippen LogP contribution in [-0.4, -0.2) is 50.8 Å². The first-order chi connectivity index (χ1) is 11.0. The fraction of sp³-hybridized carbons (Fsp3) is 0.941. The van der Waals surface area contributed by atoms with E-state index in [-0.39, 0.29) is 24.1 Å². The zero-order valence-electron chi connectivity index (χ0n) is 15.0. The third-order valence-corrected chi connectivity index (χ3v) is 4.34. The summed E-state index contributed by atoms with van der Waals surface area (Å²) in [6.07, 6.45) is 4.19. The van der Waals surface area contributed by atoms with Crippen LogP contribution in [0.1, 0.15) is 52.9 Å². The fourth-order valence-electron chi connectivity index (χ4n) is 3.00. The maximum absolute atomic E-state index is 11.3. The molecule has 1 saturated heterocycles. The molecule has 6 nitrogen and oxygen atoms in total. The number of ether oxygens (including phenoxy) is 4. The molecule has 2 N–H and O–H groups in total. The van der Waals surface area contributed by atoms with Gasteiger partial charge in [-0.1, -0.05) is 26.7 Å². The zero-order chi connectivity index (χ0) is 17.2. The van der Waals surface area contributed by atoms with Crippen molar-refractivity contribution in [3.8, 4) is 0 Å². The molecule has 23 heavy (non-hydrogen) atoms. The summed E-state index contributed by atoms with van der Waals surface area (Å²) in [5.74, 6) is -0.251. The molecule has 0 amide bonds. The van der Waals surface area contributed by atoms with E-state index in [9.17, 15) is 4.79 Å². The van der Waals surface area contributed by atoms with Gasteiger partial charge in [0.05, 0.1) is 12.1 Å². The van der Waals surface area contributed by atoms with Crippen molar-refractivity contribution in [2.75, 3.05) is 20.3 Å². The molecule has 0 aromatic carbocycles. The zero-order valence-corrected chi connectivity index (χ0v) is 15.0. The third-order valence-electron chi connectivity index (χ3n) is 4.34. The topological polar surface area (TPSA) is 80.0 Å². The van der Waals surface area contributed by atoms with E-state index in [0.717, 1.165) is 38.7 Å². The van der Waals surface area contributed by atoms with E-state index < -0.39 is 12.3 Å². The Labute approximate surface area is 140 Å². The highest BCUT2D eigenvalue weighted by Crippen LogP contribution is 2.29. The number of carbonyl (C=O) groups is 1. The van der Waals surface area contributed by atoms with Crippen LogP contribution in [0.25, 0.3) is 0 Å². The largest absolute Gasteiger partial charge is 0.460 e. The van der Waals surface area contributed by atoms with Crippen LogP contribution in [0.4, 0.5) is 0 Å². The van der Waals surface area contributed by atoms with E-state index >= 15 is 0 Å². The molecule has 0 saturated carbocycles. The highest BCUT2D eigenvalue weighted by atomic mass is 16.7. The lowest BCUT2D eigenvalue weighted by Gasteiger charge is -2.43. The summed E-state index contributed by atoms with van der Waals surface area (Å²) in [6.45, 7) is 6.87. The van der Waals surface area contributed by atoms with E-state index in [1.54, 1.807) is 7.11 Å². The van der Waals surface area contributed by atoms with Gasteiger partial charge in [0.2, 0.25) is 0 Å². The Balaban J connectivity index is 2.42. The lowest BCUT2D eigenvalue weighted by molar-refractivity contribution is -0.248. The molecule has 5 atom stereocenters. The maximum Gasteiger partial charge on any atom is 0.302 e. The van der Waals surface area contributed by atoms with Crippen LogP contribution < -0.4 is 5.73 Å². The average molecular weight is 331 g/mol. The van der Waals surface area contributed by atoms with Crippen LogP contribution in [0.2, 0.25) is 0 Å². The predicted octanol–water partition coefficient (Wildman–Crippen LogP) is 2.24. The van der Waals surface area contributed by atoms with Gasteiger partial charge in [0.1, 0.15) is 6.10 Å². The molecule has 0 radical (unpaired) electrons. The minimum atomic E-state index is -0.514. The summed E-state index contributed by atoms with van der Waals surface area (Å²) >= 11 is 0. The molecule has 1 aliphatic rings. The van der Waals surface area contributed by atoms with Gasteiger partial charge < -0.3 is 24.7 Å². The molecule has 1 fully saturated rings. The second kappa shape index (κ2) is 11.0. The van der Waals surface area contributed by atoms with Crippen LogP contribution in [0, 0.1) is 5.92 Å². The van der Waals surface area contributed by atoms with Crippen molar-refractivity contribution in [3.05, 3.63) is 0 Å². The second-order valence-corrected chi connectivity index (χ2v) is 6.24. The molecule has 1 rings (SSSR count). The van der Waals surface area contributed by atoms with Crippen LogP contribution in [0.5, 0.6) is 0 Å². The van der Waals surface area contributed by atoms with Gasteiger partial charge >= 0.3 is 5.97 Å². The summed E-state index contributed by atoms with van der Waals surface area (Å²) in [6, 6.07) is -0.454. The van der Waals surface area contributed by atoms with Gasteiger partial charge in [0, 0.05) is 33.2 Å². The van der Waals surface area contributed by atoms with Gasteiger partial charge in [-0.2, -0.15) is 0 Å². The number of unbranched alkanes of at least 4 members (excludes halogenated alkanes) is 3. The minimum Gasteiger partial charge on any atom is -0.460 e. The molecule has 0 bridgehead atoms. The Hall–Kier alpha value is -0.690. The van der Waals surface area contributed by atoms with Crippen molar-refractivity contribution in [1.29, 1.82) is 0 Å². The molecule has 0 aromatic rings. The number of rotatable bonds is 10. The molecule has 0 aliphatic carbocycles. The van der Waals surface area contributed by atoms with Gasteiger partial charge in [-0.15, -0.1) is 0 Å². The van der Waals surface area contributed by atoms with Gasteiger partial charge in [0.15, 0.2) is 6.29 Å². The van der Waals surface area contributed by atoms with Crippen molar-refractivity contribution in [2.24, 2.45) is 11.7 Å². The highest BCUT2D eigenvalue weighted by Gasteiger charge is 2.43. The van der Waals surface area contributed by atoms with Crippen molar-refractivity contribution in [2.45, 2.75) is 77.4 Å². The normalized spacial score (nSPS) is 31.1. The van der Waals surface area contributed by atoms with Crippen LogP contribution in [-0.2, 0) is 23.7 Å². The average Bonchev–Trinajstić information content (AvgIpc) is 2.52. The Morgan fingerprint density at radius 1 is 1.17 bits per heavy atom. The monoisotopic (exact) mass is 331 g/mol. The molecule has 1 aliphatic heterocycles. The predicted molar refractivity (Wildman–Crippen MR) is 87.9 cm³/mol. The summed E-state index contributed by atoms with van der Waals surface area (Å²) in [5, 5.41) is 0. The standard InChI is InChI=1S/C17H33NO5/c1-5-14-12(2)16(22-13(3)19)15(18)17(23-14)21-11-9-7-6-8-10-20-4/h12,14-17H,5-11,18H2,1-4H3/t12-,14?,15?,16?,17+/m0/s1. The summed E-state index contributed by atoms with van der Waals surface area (Å²) in [5.41, 5.74) is 6.22. The van der Waals surface area contributed by atoms with E-state index in [1.807, 2.05) is 6.92 Å². The first kappa shape index (κ1) is 20.4. The van der Waals surface area contributed by atoms with Gasteiger partial charge in [-0.05, 0) is 19.3 Å². The van der Waals surface area contributed by atoms with Crippen molar-refractivity contribution in [1.82, 2.24) is 0 Å². The lowest BCUT2D eigenvalue weighted by atomic mass is 9.88. The molecule has 0 aromatic heterocycles. The number of carbonyl (C=O) groups excluding carboxylic acids is 1. The molecule has 0 spiro atoms. The molecule has 6 heteroatoms. The second-order valence-electron chi connectivity index (χ2n) is 6.24. The Morgan fingerprint density at radius 3 is 2.39 bits per heavy atom. The van der Waals surface area contributed by atoms with E-state index in [1.165, 1.54) is 6.92 Å². The summed E-state index contributed by atoms with van der Waals surface area (Å²) in [7, 11) is 1.72. The van der Waals surface area contributed by atoms with E-state index in [4.69, 9.17) is 24.7 Å². The minimum absolute atomic E-state index is 0.00847. The molecular weight excluding hydrogens is 298 g/mol. The van der Waals surface area contributed by atoms with E-state index in [2.05, 4.69) is 6.92 Å². The molecule has 1 heterocycles. The fourth-order valence-corrected chi connectivity index (χ4v) is 3.00. The number of hydrogen-bond acceptors (Lipinski definition) is 6. The smallest absolute Gasteiger partial charge is 0.302 e. The molecule has 3 unspecified atom stereocenters. The Morgan fingerprint density at radius 2 is 1.83 bits per heavy atom. The number of hydrogen-bond donors (Lipinski definition) is 1. The number of esters is 1. The Bertz CT molecular complexity index is 339. The van der Waals surface area contributed by atoms with Gasteiger partial charge in [-0.25, -0.2) is 0 Å². The molecule has 136 valence electrons. The first-order valence-electron chi connectivity index (χ1n) is 8.70. The van der Waals surface area contributed by atoms with Crippen LogP contribution in [0.3, 0.4) is 0 Å². The van der Waals surface area contributed by atoms with Gasteiger partial charge in [-0.3, -0.25) is 4.79 Å². The Kier molecular flexibility index (Phi) is 9.71. The van der Waals surface area contributed by atoms with Crippen LogP contribution in [0.15, 0.2) is 0 Å². The third kappa shape index (κ3) is 6.75. The SMILES string of the molecule is CCC1O[C@@H](OCCCCCCOC)C(N)C(OC(C)=O)[C@H]1C. The molecular formula is C17H33NO5. The first-order valence-corrected chi connectivity index (χ1v) is 8.70. The number of methoxy groups -OCH3 is 1. The van der Waals surface area contributed by atoms with Crippen molar-refractivity contribution < 1.29 is 23.7 Å². The summed E-state index contributed by atoms with van der Waals surface area (Å²) in [4.78, 5) is 11.3. The lowest BCUT2D eigenvalue weighted by Crippen LogP contribution is -2.59. The maximum atomic E-state index is 11.3. The van der Waals surface area contributed by atoms with Gasteiger partial charge in [0.25, 0.3) is 0 Å². The van der Waals surface area contributed by atoms with Crippen LogP contribution >= 0.6 is 0 Å². The van der Waals surface area contributed by atoms with Crippen molar-refractivity contribution in [3.63, 3.8) is 0 Å². The number of nitrogens with two attached hydrogens (primary N) is 1. The van der Waals surface area contributed by atoms with E-state index in [0.29, 0.717) is 6.61 Å². The highest BCUT2D eigenvalue weighted by molar-refractivity contribution is 5.66.